The van der Waals surface area contributed by atoms with Crippen LogP contribution in [0.2, 0.25) is 0 Å². The summed E-state index contributed by atoms with van der Waals surface area (Å²) < 4.78 is 0. The molecule has 0 N–H and O–H groups in total. The zero-order valence-electron chi connectivity index (χ0n) is 5.57. The molecule has 0 aliphatic rings. The summed E-state index contributed by atoms with van der Waals surface area (Å²) in [4.78, 5) is 0. The Bertz CT molecular complexity index is 119. The van der Waals surface area contributed by atoms with Crippen molar-refractivity contribution in [3.63, 3.8) is 0 Å². The molecule has 0 saturated carbocycles. The molecular formula is C8H12. The maximum Gasteiger partial charge on any atom is -0.0245 e. The van der Waals surface area contributed by atoms with E-state index in [0.29, 0.717) is 0 Å². The van der Waals surface area contributed by atoms with Crippen LogP contribution in [0.3, 0.4) is 0 Å². The van der Waals surface area contributed by atoms with Crippen LogP contribution in [-0.2, 0) is 0 Å². The van der Waals surface area contributed by atoms with Gasteiger partial charge in [-0.05, 0) is 25.0 Å². The van der Waals surface area contributed by atoms with E-state index in [1.165, 1.54) is 0 Å². The Morgan fingerprint density at radius 2 is 2.25 bits per heavy atom. The van der Waals surface area contributed by atoms with E-state index < -0.39 is 0 Å². The molecular weight excluding hydrogens is 96.1 g/mol. The zero-order valence-corrected chi connectivity index (χ0v) is 5.57. The second kappa shape index (κ2) is 4.46. The van der Waals surface area contributed by atoms with Gasteiger partial charge in [0.2, 0.25) is 0 Å². The lowest BCUT2D eigenvalue weighted by molar-refractivity contribution is 0.664. The molecule has 0 bridgehead atoms. The Labute approximate surface area is 51.2 Å². The smallest absolute Gasteiger partial charge is 0.0245 e. The van der Waals surface area contributed by atoms with Gasteiger partial charge < -0.3 is 0 Å². The van der Waals surface area contributed by atoms with Crippen molar-refractivity contribution < 1.29 is 0 Å². The van der Waals surface area contributed by atoms with Gasteiger partial charge in [0.1, 0.15) is 0 Å². The molecule has 0 heterocycles. The fraction of sp³-hybridized carbons (Fsp3) is 0.500. The Kier molecular flexibility index (Phi) is 4.07. The van der Waals surface area contributed by atoms with Gasteiger partial charge in [0.25, 0.3) is 0 Å². The average Bonchev–Trinajstić information content (AvgIpc) is 1.66. The minimum atomic E-state index is 0.718. The standard InChI is InChI=1S/C8H12/c1-4-5-6-7-8(2)3/h6,8H,1,7H2,2-3H3. The van der Waals surface area contributed by atoms with E-state index >= 15 is 0 Å². The molecule has 44 valence electrons. The summed E-state index contributed by atoms with van der Waals surface area (Å²) in [5.41, 5.74) is 5.36. The molecule has 0 atom stereocenters. The highest BCUT2D eigenvalue weighted by molar-refractivity contribution is 4.81. The molecule has 0 rings (SSSR count). The van der Waals surface area contributed by atoms with Gasteiger partial charge in [0.05, 0.1) is 0 Å². The highest BCUT2D eigenvalue weighted by atomic mass is 13.9. The predicted octanol–water partition coefficient (Wildman–Crippen LogP) is 2.53. The molecule has 0 aromatic rings. The summed E-state index contributed by atoms with van der Waals surface area (Å²) in [6, 6.07) is 0. The van der Waals surface area contributed by atoms with Crippen LogP contribution >= 0.6 is 0 Å². The third-order valence-corrected chi connectivity index (χ3v) is 0.793. The van der Waals surface area contributed by atoms with Gasteiger partial charge in [-0.25, -0.2) is 0 Å². The predicted molar refractivity (Wildman–Crippen MR) is 36.7 cm³/mol. The highest BCUT2D eigenvalue weighted by Gasteiger charge is 1.84. The average molecular weight is 108 g/mol. The molecule has 0 unspecified atom stereocenters. The molecule has 0 aromatic heterocycles. The maximum absolute atomic E-state index is 3.39. The van der Waals surface area contributed by atoms with Crippen LogP contribution in [0.5, 0.6) is 0 Å². The first kappa shape index (κ1) is 7.30. The second-order valence-corrected chi connectivity index (χ2v) is 2.15. The Balaban J connectivity index is 3.45. The van der Waals surface area contributed by atoms with Crippen LogP contribution in [-0.4, -0.2) is 0 Å². The third kappa shape index (κ3) is 5.30. The fourth-order valence-electron chi connectivity index (χ4n) is 0.367. The summed E-state index contributed by atoms with van der Waals surface area (Å²) in [7, 11) is 0. The number of hydrogen-bond acceptors (Lipinski definition) is 0. The molecule has 0 spiro atoms. The van der Waals surface area contributed by atoms with Gasteiger partial charge in [0.15, 0.2) is 0 Å². The van der Waals surface area contributed by atoms with Gasteiger partial charge in [0, 0.05) is 0 Å². The molecule has 0 aliphatic carbocycles. The second-order valence-electron chi connectivity index (χ2n) is 2.15. The van der Waals surface area contributed by atoms with E-state index in [4.69, 9.17) is 0 Å². The quantitative estimate of drug-likeness (QED) is 0.477. The summed E-state index contributed by atoms with van der Waals surface area (Å²) in [5, 5.41) is 0. The summed E-state index contributed by atoms with van der Waals surface area (Å²) >= 11 is 0. The van der Waals surface area contributed by atoms with Crippen molar-refractivity contribution in [2.75, 3.05) is 0 Å². The van der Waals surface area contributed by atoms with Gasteiger partial charge in [-0.15, -0.1) is 0 Å². The Morgan fingerprint density at radius 1 is 1.62 bits per heavy atom. The maximum atomic E-state index is 3.39. The van der Waals surface area contributed by atoms with Crippen LogP contribution in [0.25, 0.3) is 0 Å². The van der Waals surface area contributed by atoms with Crippen molar-refractivity contribution in [3.8, 4) is 0 Å². The van der Waals surface area contributed by atoms with Crippen molar-refractivity contribution in [2.24, 2.45) is 5.92 Å². The topological polar surface area (TPSA) is 0 Å². The van der Waals surface area contributed by atoms with E-state index in [-0.39, 0.29) is 0 Å². The fourth-order valence-corrected chi connectivity index (χ4v) is 0.367. The van der Waals surface area contributed by atoms with Crippen LogP contribution in [0.4, 0.5) is 0 Å². The minimum Gasteiger partial charge on any atom is -0.0785 e. The molecule has 0 aromatic carbocycles. The molecule has 0 fully saturated rings. The third-order valence-electron chi connectivity index (χ3n) is 0.793. The number of rotatable bonds is 2. The van der Waals surface area contributed by atoms with Crippen LogP contribution < -0.4 is 0 Å². The molecule has 0 radical (unpaired) electrons. The SMILES string of the molecule is C=C=C=CCC(C)C. The van der Waals surface area contributed by atoms with E-state index in [2.05, 4.69) is 31.9 Å². The van der Waals surface area contributed by atoms with Gasteiger partial charge in [-0.2, -0.15) is 0 Å². The first-order valence-electron chi connectivity index (χ1n) is 2.86. The van der Waals surface area contributed by atoms with Gasteiger partial charge >= 0.3 is 0 Å². The van der Waals surface area contributed by atoms with Crippen LogP contribution in [0, 0.1) is 5.92 Å². The number of allylic oxidation sites excluding steroid dienone is 1. The van der Waals surface area contributed by atoms with Gasteiger partial charge in [-0.1, -0.05) is 25.3 Å². The summed E-state index contributed by atoms with van der Waals surface area (Å²) in [6.45, 7) is 7.73. The first-order chi connectivity index (χ1) is 3.77. The molecule has 8 heavy (non-hydrogen) atoms. The highest BCUT2D eigenvalue weighted by Crippen LogP contribution is 1.97. The van der Waals surface area contributed by atoms with Crippen molar-refractivity contribution in [2.45, 2.75) is 20.3 Å². The lowest BCUT2D eigenvalue weighted by atomic mass is 10.1. The van der Waals surface area contributed by atoms with Crippen molar-refractivity contribution in [3.05, 3.63) is 24.1 Å². The number of hydrogen-bond donors (Lipinski definition) is 0. The van der Waals surface area contributed by atoms with Crippen molar-refractivity contribution in [1.82, 2.24) is 0 Å². The lowest BCUT2D eigenvalue weighted by Gasteiger charge is -1.92. The van der Waals surface area contributed by atoms with E-state index in [9.17, 15) is 0 Å². The molecule has 0 amide bonds. The first-order valence-corrected chi connectivity index (χ1v) is 2.86. The zero-order chi connectivity index (χ0) is 6.41. The minimum absolute atomic E-state index is 0.718. The van der Waals surface area contributed by atoms with Crippen molar-refractivity contribution in [1.29, 1.82) is 0 Å². The summed E-state index contributed by atoms with van der Waals surface area (Å²) in [5.74, 6) is 0.718. The van der Waals surface area contributed by atoms with Gasteiger partial charge in [-0.3, -0.25) is 0 Å². The largest absolute Gasteiger partial charge is 0.0785 e. The molecule has 0 saturated heterocycles. The summed E-state index contributed by atoms with van der Waals surface area (Å²) in [6.07, 6.45) is 3.03. The van der Waals surface area contributed by atoms with Crippen molar-refractivity contribution >= 4 is 0 Å². The lowest BCUT2D eigenvalue weighted by Crippen LogP contribution is -1.79. The van der Waals surface area contributed by atoms with Crippen LogP contribution in [0.1, 0.15) is 20.3 Å². The normalized spacial score (nSPS) is 7.88. The van der Waals surface area contributed by atoms with E-state index in [1.54, 1.807) is 0 Å². The van der Waals surface area contributed by atoms with E-state index in [0.717, 1.165) is 12.3 Å². The van der Waals surface area contributed by atoms with Crippen LogP contribution in [0.15, 0.2) is 24.1 Å². The molecule has 0 heteroatoms. The monoisotopic (exact) mass is 108 g/mol. The Morgan fingerprint density at radius 3 is 2.62 bits per heavy atom. The molecule has 0 nitrogen and oxygen atoms in total. The van der Waals surface area contributed by atoms with E-state index in [1.807, 2.05) is 6.08 Å². The Hall–Kier alpha value is -0.700. The molecule has 0 aliphatic heterocycles.